The SMILES string of the molecule is CC(N)CCCCN1CCC(C)C(C)C1. The summed E-state index contributed by atoms with van der Waals surface area (Å²) in [4.78, 5) is 2.63. The summed E-state index contributed by atoms with van der Waals surface area (Å²) in [6, 6.07) is 0.380. The third-order valence-corrected chi connectivity index (χ3v) is 3.80. The van der Waals surface area contributed by atoms with E-state index in [1.54, 1.807) is 0 Å². The zero-order valence-electron chi connectivity index (χ0n) is 10.7. The van der Waals surface area contributed by atoms with E-state index in [1.807, 2.05) is 0 Å². The number of hydrogen-bond acceptors (Lipinski definition) is 2. The van der Waals surface area contributed by atoms with Crippen LogP contribution in [-0.2, 0) is 0 Å². The van der Waals surface area contributed by atoms with Gasteiger partial charge in [-0.25, -0.2) is 0 Å². The van der Waals surface area contributed by atoms with Gasteiger partial charge in [-0.3, -0.25) is 0 Å². The fourth-order valence-electron chi connectivity index (χ4n) is 2.35. The molecule has 0 saturated carbocycles. The van der Waals surface area contributed by atoms with Crippen LogP contribution in [0, 0.1) is 11.8 Å². The van der Waals surface area contributed by atoms with Crippen LogP contribution in [0.5, 0.6) is 0 Å². The van der Waals surface area contributed by atoms with Crippen LogP contribution in [0.1, 0.15) is 46.5 Å². The molecule has 0 spiro atoms. The van der Waals surface area contributed by atoms with Crippen LogP contribution in [0.3, 0.4) is 0 Å². The Hall–Kier alpha value is -0.0800. The Morgan fingerprint density at radius 2 is 2.00 bits per heavy atom. The summed E-state index contributed by atoms with van der Waals surface area (Å²) in [5.41, 5.74) is 5.74. The van der Waals surface area contributed by atoms with Gasteiger partial charge in [0, 0.05) is 12.6 Å². The van der Waals surface area contributed by atoms with Crippen LogP contribution in [-0.4, -0.2) is 30.6 Å². The maximum atomic E-state index is 5.74. The first-order chi connectivity index (χ1) is 7.09. The van der Waals surface area contributed by atoms with Gasteiger partial charge in [0.2, 0.25) is 0 Å². The maximum Gasteiger partial charge on any atom is 0.00104 e. The summed E-state index contributed by atoms with van der Waals surface area (Å²) in [5, 5.41) is 0. The first-order valence-electron chi connectivity index (χ1n) is 6.57. The summed E-state index contributed by atoms with van der Waals surface area (Å²) < 4.78 is 0. The number of hydrogen-bond donors (Lipinski definition) is 1. The smallest absolute Gasteiger partial charge is 0.00104 e. The van der Waals surface area contributed by atoms with Crippen molar-refractivity contribution in [3.05, 3.63) is 0 Å². The zero-order chi connectivity index (χ0) is 11.3. The molecular formula is C13H28N2. The molecule has 0 aromatic carbocycles. The molecule has 2 N–H and O–H groups in total. The molecule has 1 aliphatic rings. The van der Waals surface area contributed by atoms with Gasteiger partial charge in [-0.05, 0) is 51.1 Å². The summed E-state index contributed by atoms with van der Waals surface area (Å²) in [6.07, 6.45) is 5.18. The number of likely N-dealkylation sites (tertiary alicyclic amines) is 1. The predicted octanol–water partition coefficient (Wildman–Crippen LogP) is 2.48. The van der Waals surface area contributed by atoms with E-state index in [2.05, 4.69) is 25.7 Å². The first kappa shape index (κ1) is 13.0. The first-order valence-corrected chi connectivity index (χ1v) is 6.57. The molecule has 1 aliphatic heterocycles. The predicted molar refractivity (Wildman–Crippen MR) is 66.9 cm³/mol. The topological polar surface area (TPSA) is 29.3 Å². The van der Waals surface area contributed by atoms with Crippen LogP contribution in [0.25, 0.3) is 0 Å². The van der Waals surface area contributed by atoms with E-state index < -0.39 is 0 Å². The largest absolute Gasteiger partial charge is 0.328 e. The molecular weight excluding hydrogens is 184 g/mol. The van der Waals surface area contributed by atoms with E-state index in [0.717, 1.165) is 11.8 Å². The molecule has 0 radical (unpaired) electrons. The Kier molecular flexibility index (Phi) is 5.62. The number of unbranched alkanes of at least 4 members (excludes halogenated alkanes) is 1. The molecule has 0 aromatic rings. The highest BCUT2D eigenvalue weighted by atomic mass is 15.1. The van der Waals surface area contributed by atoms with Gasteiger partial charge in [0.25, 0.3) is 0 Å². The second-order valence-electron chi connectivity index (χ2n) is 5.52. The number of piperidine rings is 1. The van der Waals surface area contributed by atoms with E-state index in [-0.39, 0.29) is 0 Å². The van der Waals surface area contributed by atoms with Crippen molar-refractivity contribution in [3.63, 3.8) is 0 Å². The number of rotatable bonds is 5. The van der Waals surface area contributed by atoms with Crippen molar-refractivity contribution >= 4 is 0 Å². The van der Waals surface area contributed by atoms with Crippen molar-refractivity contribution in [3.8, 4) is 0 Å². The van der Waals surface area contributed by atoms with E-state index in [0.29, 0.717) is 6.04 Å². The highest BCUT2D eigenvalue weighted by Crippen LogP contribution is 2.22. The molecule has 2 heteroatoms. The molecule has 0 bridgehead atoms. The van der Waals surface area contributed by atoms with E-state index in [1.165, 1.54) is 45.3 Å². The third kappa shape index (κ3) is 4.98. The lowest BCUT2D eigenvalue weighted by atomic mass is 9.88. The van der Waals surface area contributed by atoms with E-state index in [9.17, 15) is 0 Å². The normalized spacial score (nSPS) is 30.4. The van der Waals surface area contributed by atoms with E-state index in [4.69, 9.17) is 5.73 Å². The fraction of sp³-hybridized carbons (Fsp3) is 1.00. The van der Waals surface area contributed by atoms with Crippen LogP contribution < -0.4 is 5.73 Å². The summed E-state index contributed by atoms with van der Waals surface area (Å²) in [6.45, 7) is 10.8. The second kappa shape index (κ2) is 6.49. The summed E-state index contributed by atoms with van der Waals surface area (Å²) in [7, 11) is 0. The van der Waals surface area contributed by atoms with Gasteiger partial charge >= 0.3 is 0 Å². The minimum absolute atomic E-state index is 0.380. The molecule has 1 saturated heterocycles. The minimum Gasteiger partial charge on any atom is -0.328 e. The molecule has 3 unspecified atom stereocenters. The quantitative estimate of drug-likeness (QED) is 0.709. The van der Waals surface area contributed by atoms with Gasteiger partial charge in [-0.1, -0.05) is 20.3 Å². The number of nitrogens with zero attached hydrogens (tertiary/aromatic N) is 1. The molecule has 1 rings (SSSR count). The molecule has 1 fully saturated rings. The Balaban J connectivity index is 2.07. The van der Waals surface area contributed by atoms with Gasteiger partial charge in [0.1, 0.15) is 0 Å². The lowest BCUT2D eigenvalue weighted by molar-refractivity contribution is 0.136. The van der Waals surface area contributed by atoms with Crippen molar-refractivity contribution in [2.24, 2.45) is 17.6 Å². The van der Waals surface area contributed by atoms with E-state index >= 15 is 0 Å². The maximum absolute atomic E-state index is 5.74. The Labute approximate surface area is 95.2 Å². The Morgan fingerprint density at radius 3 is 2.60 bits per heavy atom. The van der Waals surface area contributed by atoms with Gasteiger partial charge in [-0.15, -0.1) is 0 Å². The van der Waals surface area contributed by atoms with Crippen molar-refractivity contribution in [2.45, 2.75) is 52.5 Å². The van der Waals surface area contributed by atoms with Gasteiger partial charge in [0.15, 0.2) is 0 Å². The lowest BCUT2D eigenvalue weighted by Crippen LogP contribution is -2.38. The molecule has 0 aliphatic carbocycles. The lowest BCUT2D eigenvalue weighted by Gasteiger charge is -2.35. The average molecular weight is 212 g/mol. The van der Waals surface area contributed by atoms with Gasteiger partial charge in [-0.2, -0.15) is 0 Å². The van der Waals surface area contributed by atoms with Crippen molar-refractivity contribution in [2.75, 3.05) is 19.6 Å². The van der Waals surface area contributed by atoms with Crippen LogP contribution >= 0.6 is 0 Å². The third-order valence-electron chi connectivity index (χ3n) is 3.80. The van der Waals surface area contributed by atoms with Crippen molar-refractivity contribution in [1.29, 1.82) is 0 Å². The highest BCUT2D eigenvalue weighted by Gasteiger charge is 2.21. The molecule has 1 heterocycles. The Bertz CT molecular complexity index is 168. The molecule has 0 amide bonds. The van der Waals surface area contributed by atoms with Gasteiger partial charge < -0.3 is 10.6 Å². The molecule has 2 nitrogen and oxygen atoms in total. The summed E-state index contributed by atoms with van der Waals surface area (Å²) >= 11 is 0. The second-order valence-corrected chi connectivity index (χ2v) is 5.52. The van der Waals surface area contributed by atoms with Crippen LogP contribution in [0.4, 0.5) is 0 Å². The van der Waals surface area contributed by atoms with Crippen LogP contribution in [0.15, 0.2) is 0 Å². The molecule has 90 valence electrons. The standard InChI is InChI=1S/C13H28N2/c1-11-7-9-15(10-12(11)2)8-5-4-6-13(3)14/h11-13H,4-10,14H2,1-3H3. The Morgan fingerprint density at radius 1 is 1.27 bits per heavy atom. The molecule has 3 atom stereocenters. The zero-order valence-corrected chi connectivity index (χ0v) is 10.7. The van der Waals surface area contributed by atoms with Gasteiger partial charge in [0.05, 0.1) is 0 Å². The van der Waals surface area contributed by atoms with Crippen molar-refractivity contribution < 1.29 is 0 Å². The monoisotopic (exact) mass is 212 g/mol. The molecule has 0 aromatic heterocycles. The van der Waals surface area contributed by atoms with Crippen molar-refractivity contribution in [1.82, 2.24) is 4.90 Å². The highest BCUT2D eigenvalue weighted by molar-refractivity contribution is 4.75. The fourth-order valence-corrected chi connectivity index (χ4v) is 2.35. The summed E-state index contributed by atoms with van der Waals surface area (Å²) in [5.74, 6) is 1.80. The molecule has 15 heavy (non-hydrogen) atoms. The van der Waals surface area contributed by atoms with Crippen LogP contribution in [0.2, 0.25) is 0 Å². The number of nitrogens with two attached hydrogens (primary N) is 1. The minimum atomic E-state index is 0.380. The average Bonchev–Trinajstić information content (AvgIpc) is 2.18.